The average Bonchev–Trinajstić information content (AvgIpc) is 2.32. The van der Waals surface area contributed by atoms with Crippen LogP contribution in [-0.4, -0.2) is 9.93 Å². The Labute approximate surface area is 112 Å². The van der Waals surface area contributed by atoms with E-state index in [1.54, 1.807) is 6.07 Å². The number of phenols is 1. The third-order valence-corrected chi connectivity index (χ3v) is 5.19. The number of alkyl halides is 1. The van der Waals surface area contributed by atoms with Crippen LogP contribution in [-0.2, 0) is 6.42 Å². The fourth-order valence-electron chi connectivity index (χ4n) is 2.89. The Kier molecular flexibility index (Phi) is 4.49. The molecule has 1 N–H and O–H groups in total. The summed E-state index contributed by atoms with van der Waals surface area (Å²) in [4.78, 5) is 0.646. The second-order valence-electron chi connectivity index (χ2n) is 5.24. The van der Waals surface area contributed by atoms with Gasteiger partial charge in [0.1, 0.15) is 5.75 Å². The van der Waals surface area contributed by atoms with Gasteiger partial charge in [-0.3, -0.25) is 0 Å². The third kappa shape index (κ3) is 3.48. The van der Waals surface area contributed by atoms with Crippen LogP contribution in [0.25, 0.3) is 0 Å². The molecular formula is C15H21BrO. The Morgan fingerprint density at radius 2 is 2.18 bits per heavy atom. The molecule has 0 spiro atoms. The van der Waals surface area contributed by atoms with E-state index in [2.05, 4.69) is 28.9 Å². The summed E-state index contributed by atoms with van der Waals surface area (Å²) in [6, 6.07) is 7.70. The summed E-state index contributed by atoms with van der Waals surface area (Å²) in [5.74, 6) is 2.00. The van der Waals surface area contributed by atoms with Crippen LogP contribution in [0.3, 0.4) is 0 Å². The van der Waals surface area contributed by atoms with Crippen molar-refractivity contribution in [2.45, 2.75) is 43.9 Å². The topological polar surface area (TPSA) is 20.2 Å². The third-order valence-electron chi connectivity index (χ3n) is 3.98. The monoisotopic (exact) mass is 296 g/mol. The number of phenolic OH excluding ortho intramolecular Hbond substituents is 1. The van der Waals surface area contributed by atoms with Crippen LogP contribution in [0.15, 0.2) is 24.3 Å². The molecule has 0 radical (unpaired) electrons. The van der Waals surface area contributed by atoms with Crippen LogP contribution in [0.1, 0.15) is 38.2 Å². The lowest BCUT2D eigenvalue weighted by Gasteiger charge is -2.33. The van der Waals surface area contributed by atoms with Crippen molar-refractivity contribution in [2.24, 2.45) is 11.8 Å². The molecule has 0 saturated heterocycles. The van der Waals surface area contributed by atoms with Gasteiger partial charge in [0.25, 0.3) is 0 Å². The molecule has 1 saturated carbocycles. The molecule has 1 nitrogen and oxygen atoms in total. The van der Waals surface area contributed by atoms with E-state index in [-0.39, 0.29) is 0 Å². The minimum Gasteiger partial charge on any atom is -0.508 e. The van der Waals surface area contributed by atoms with E-state index >= 15 is 0 Å². The summed E-state index contributed by atoms with van der Waals surface area (Å²) in [7, 11) is 0. The Bertz CT molecular complexity index is 364. The molecule has 0 aromatic heterocycles. The van der Waals surface area contributed by atoms with Gasteiger partial charge in [0.05, 0.1) is 0 Å². The minimum atomic E-state index is 0.386. The Balaban J connectivity index is 2.01. The zero-order valence-corrected chi connectivity index (χ0v) is 12.0. The smallest absolute Gasteiger partial charge is 0.115 e. The molecule has 1 fully saturated rings. The summed E-state index contributed by atoms with van der Waals surface area (Å²) in [5, 5.41) is 9.49. The molecule has 0 heterocycles. The molecule has 0 amide bonds. The van der Waals surface area contributed by atoms with Crippen molar-refractivity contribution < 1.29 is 5.11 Å². The van der Waals surface area contributed by atoms with Crippen molar-refractivity contribution in [3.63, 3.8) is 0 Å². The quantitative estimate of drug-likeness (QED) is 0.813. The maximum Gasteiger partial charge on any atom is 0.115 e. The lowest BCUT2D eigenvalue weighted by molar-refractivity contribution is 0.271. The number of hydrogen-bond acceptors (Lipinski definition) is 1. The molecule has 2 heteroatoms. The summed E-state index contributed by atoms with van der Waals surface area (Å²) in [6.45, 7) is 2.30. The lowest BCUT2D eigenvalue weighted by Crippen LogP contribution is -2.26. The van der Waals surface area contributed by atoms with Crippen LogP contribution in [0.4, 0.5) is 0 Å². The molecule has 0 aliphatic heterocycles. The number of rotatable bonds is 3. The number of halogens is 1. The average molecular weight is 297 g/mol. The molecule has 0 bridgehead atoms. The molecule has 1 aliphatic carbocycles. The molecule has 2 rings (SSSR count). The fourth-order valence-corrected chi connectivity index (χ4v) is 3.56. The normalized spacial score (nSPS) is 29.2. The zero-order valence-electron chi connectivity index (χ0n) is 10.4. The van der Waals surface area contributed by atoms with E-state index < -0.39 is 0 Å². The van der Waals surface area contributed by atoms with Gasteiger partial charge in [0, 0.05) is 4.83 Å². The van der Waals surface area contributed by atoms with Gasteiger partial charge in [-0.1, -0.05) is 41.4 Å². The van der Waals surface area contributed by atoms with Gasteiger partial charge < -0.3 is 5.11 Å². The highest BCUT2D eigenvalue weighted by atomic mass is 79.9. The molecule has 3 atom stereocenters. The van der Waals surface area contributed by atoms with E-state index in [1.165, 1.54) is 31.2 Å². The van der Waals surface area contributed by atoms with E-state index in [1.807, 2.05) is 12.1 Å². The van der Waals surface area contributed by atoms with E-state index in [4.69, 9.17) is 0 Å². The van der Waals surface area contributed by atoms with Crippen molar-refractivity contribution >= 4 is 15.9 Å². The van der Waals surface area contributed by atoms with Gasteiger partial charge in [-0.25, -0.2) is 0 Å². The van der Waals surface area contributed by atoms with Crippen molar-refractivity contribution in [3.05, 3.63) is 29.8 Å². The van der Waals surface area contributed by atoms with Crippen LogP contribution in [0.5, 0.6) is 5.75 Å². The first-order valence-corrected chi connectivity index (χ1v) is 7.52. The second-order valence-corrected chi connectivity index (χ2v) is 6.41. The van der Waals surface area contributed by atoms with Crippen LogP contribution < -0.4 is 0 Å². The number of hydrogen-bond donors (Lipinski definition) is 1. The van der Waals surface area contributed by atoms with Crippen LogP contribution in [0.2, 0.25) is 0 Å². The molecule has 94 valence electrons. The molecule has 1 aliphatic rings. The summed E-state index contributed by atoms with van der Waals surface area (Å²) in [5.41, 5.74) is 1.26. The molecule has 1 aromatic carbocycles. The van der Waals surface area contributed by atoms with Crippen molar-refractivity contribution in [1.29, 1.82) is 0 Å². The number of benzene rings is 1. The van der Waals surface area contributed by atoms with E-state index in [9.17, 15) is 5.11 Å². The van der Waals surface area contributed by atoms with Gasteiger partial charge in [0.2, 0.25) is 0 Å². The Hall–Kier alpha value is -0.500. The van der Waals surface area contributed by atoms with Gasteiger partial charge in [0.15, 0.2) is 0 Å². The predicted octanol–water partition coefficient (Wildman–Crippen LogP) is 4.52. The first-order valence-electron chi connectivity index (χ1n) is 6.61. The van der Waals surface area contributed by atoms with Gasteiger partial charge in [-0.2, -0.15) is 0 Å². The maximum absolute atomic E-state index is 9.49. The minimum absolute atomic E-state index is 0.386. The number of aromatic hydroxyl groups is 1. The summed E-state index contributed by atoms with van der Waals surface area (Å²) in [6.07, 6.45) is 6.37. The first kappa shape index (κ1) is 12.9. The van der Waals surface area contributed by atoms with Gasteiger partial charge >= 0.3 is 0 Å². The van der Waals surface area contributed by atoms with Gasteiger partial charge in [-0.15, -0.1) is 0 Å². The maximum atomic E-state index is 9.49. The summed E-state index contributed by atoms with van der Waals surface area (Å²) >= 11 is 3.82. The molecule has 17 heavy (non-hydrogen) atoms. The van der Waals surface area contributed by atoms with Crippen molar-refractivity contribution in [1.82, 2.24) is 0 Å². The lowest BCUT2D eigenvalue weighted by atomic mass is 9.77. The molecular weight excluding hydrogens is 276 g/mol. The van der Waals surface area contributed by atoms with Crippen LogP contribution >= 0.6 is 15.9 Å². The van der Waals surface area contributed by atoms with Gasteiger partial charge in [-0.05, 0) is 55.2 Å². The largest absolute Gasteiger partial charge is 0.508 e. The van der Waals surface area contributed by atoms with Crippen LogP contribution in [0, 0.1) is 11.8 Å². The van der Waals surface area contributed by atoms with E-state index in [0.717, 1.165) is 18.3 Å². The highest BCUT2D eigenvalue weighted by Crippen LogP contribution is 2.37. The van der Waals surface area contributed by atoms with Crippen molar-refractivity contribution in [3.8, 4) is 5.75 Å². The molecule has 3 unspecified atom stereocenters. The highest BCUT2D eigenvalue weighted by molar-refractivity contribution is 9.09. The second kappa shape index (κ2) is 5.90. The van der Waals surface area contributed by atoms with Crippen molar-refractivity contribution in [2.75, 3.05) is 0 Å². The Morgan fingerprint density at radius 3 is 2.88 bits per heavy atom. The summed E-state index contributed by atoms with van der Waals surface area (Å²) < 4.78 is 0. The standard InChI is InChI=1S/C15H21BrO/c1-2-11-6-7-15(16)13(8-11)9-12-4-3-5-14(17)10-12/h3-5,10-11,13,15,17H,2,6-9H2,1H3. The van der Waals surface area contributed by atoms with E-state index in [0.29, 0.717) is 10.6 Å². The fraction of sp³-hybridized carbons (Fsp3) is 0.600. The highest BCUT2D eigenvalue weighted by Gasteiger charge is 2.27. The first-order chi connectivity index (χ1) is 8.19. The molecule has 1 aromatic rings. The SMILES string of the molecule is CCC1CCC(Br)C(Cc2cccc(O)c2)C1. The predicted molar refractivity (Wildman–Crippen MR) is 75.6 cm³/mol. The Morgan fingerprint density at radius 1 is 1.35 bits per heavy atom. The zero-order chi connectivity index (χ0) is 12.3.